The lowest BCUT2D eigenvalue weighted by Gasteiger charge is -2.30. The van der Waals surface area contributed by atoms with Gasteiger partial charge in [0.25, 0.3) is 5.91 Å². The van der Waals surface area contributed by atoms with Gasteiger partial charge >= 0.3 is 5.97 Å². The van der Waals surface area contributed by atoms with Crippen molar-refractivity contribution in [2.24, 2.45) is 5.92 Å². The van der Waals surface area contributed by atoms with Crippen LogP contribution in [0.1, 0.15) is 23.2 Å². The fourth-order valence-corrected chi connectivity index (χ4v) is 1.93. The van der Waals surface area contributed by atoms with Gasteiger partial charge in [0, 0.05) is 13.1 Å². The Bertz CT molecular complexity index is 385. The van der Waals surface area contributed by atoms with Gasteiger partial charge in [0.05, 0.1) is 17.7 Å². The molecule has 1 aromatic heterocycles. The van der Waals surface area contributed by atoms with Gasteiger partial charge in [-0.05, 0) is 18.9 Å². The first-order chi connectivity index (χ1) is 7.68. The van der Waals surface area contributed by atoms with Crippen LogP contribution in [0.5, 0.6) is 0 Å². The average molecular weight is 223 g/mol. The number of rotatable bonds is 2. The number of carboxylic acid groups (broad SMARTS) is 1. The molecule has 1 fully saturated rings. The van der Waals surface area contributed by atoms with Gasteiger partial charge in [-0.1, -0.05) is 0 Å². The van der Waals surface area contributed by atoms with E-state index in [-0.39, 0.29) is 5.91 Å². The van der Waals surface area contributed by atoms with E-state index >= 15 is 0 Å². The first kappa shape index (κ1) is 10.7. The number of aliphatic carboxylic acids is 1. The van der Waals surface area contributed by atoms with Gasteiger partial charge in [0.1, 0.15) is 6.26 Å². The monoisotopic (exact) mass is 223 g/mol. The molecular weight excluding hydrogens is 210 g/mol. The molecular formula is C11H13NO4. The molecule has 0 aromatic carbocycles. The normalized spacial score (nSPS) is 20.8. The lowest BCUT2D eigenvalue weighted by atomic mass is 9.98. The van der Waals surface area contributed by atoms with Crippen molar-refractivity contribution in [3.63, 3.8) is 0 Å². The van der Waals surface area contributed by atoms with Crippen LogP contribution in [0.4, 0.5) is 0 Å². The van der Waals surface area contributed by atoms with E-state index < -0.39 is 11.9 Å². The average Bonchev–Trinajstić information content (AvgIpc) is 2.81. The van der Waals surface area contributed by atoms with E-state index in [4.69, 9.17) is 9.52 Å². The van der Waals surface area contributed by atoms with Crippen molar-refractivity contribution < 1.29 is 19.1 Å². The lowest BCUT2D eigenvalue weighted by Crippen LogP contribution is -2.42. The molecule has 86 valence electrons. The third kappa shape index (κ3) is 2.08. The summed E-state index contributed by atoms with van der Waals surface area (Å²) >= 11 is 0. The molecule has 5 heteroatoms. The van der Waals surface area contributed by atoms with E-state index in [0.29, 0.717) is 25.1 Å². The van der Waals surface area contributed by atoms with Gasteiger partial charge in [0.15, 0.2) is 0 Å². The Morgan fingerprint density at radius 3 is 2.94 bits per heavy atom. The van der Waals surface area contributed by atoms with E-state index in [1.807, 2.05) is 0 Å². The van der Waals surface area contributed by atoms with Crippen molar-refractivity contribution in [3.05, 3.63) is 24.2 Å². The molecule has 0 aliphatic carbocycles. The highest BCUT2D eigenvalue weighted by molar-refractivity contribution is 5.94. The highest BCUT2D eigenvalue weighted by Crippen LogP contribution is 2.18. The first-order valence-electron chi connectivity index (χ1n) is 5.23. The van der Waals surface area contributed by atoms with Crippen molar-refractivity contribution in [1.29, 1.82) is 0 Å². The molecule has 2 rings (SSSR count). The zero-order chi connectivity index (χ0) is 11.5. The van der Waals surface area contributed by atoms with Gasteiger partial charge < -0.3 is 14.4 Å². The highest BCUT2D eigenvalue weighted by atomic mass is 16.4. The summed E-state index contributed by atoms with van der Waals surface area (Å²) in [5.41, 5.74) is 0.478. The molecule has 0 saturated carbocycles. The van der Waals surface area contributed by atoms with Crippen molar-refractivity contribution >= 4 is 11.9 Å². The fraction of sp³-hybridized carbons (Fsp3) is 0.455. The zero-order valence-electron chi connectivity index (χ0n) is 8.76. The topological polar surface area (TPSA) is 70.8 Å². The Morgan fingerprint density at radius 1 is 1.50 bits per heavy atom. The van der Waals surface area contributed by atoms with Crippen LogP contribution < -0.4 is 0 Å². The number of carbonyl (C=O) groups excluding carboxylic acids is 1. The number of nitrogens with zero attached hydrogens (tertiary/aromatic N) is 1. The molecule has 0 radical (unpaired) electrons. The molecule has 1 aliphatic rings. The van der Waals surface area contributed by atoms with Crippen LogP contribution in [-0.2, 0) is 4.79 Å². The molecule has 1 atom stereocenters. The molecule has 1 aromatic rings. The number of hydrogen-bond donors (Lipinski definition) is 1. The van der Waals surface area contributed by atoms with Gasteiger partial charge in [-0.3, -0.25) is 9.59 Å². The minimum atomic E-state index is -0.829. The second-order valence-corrected chi connectivity index (χ2v) is 3.94. The number of carboxylic acids is 1. The smallest absolute Gasteiger partial charge is 0.308 e. The molecule has 1 unspecified atom stereocenters. The van der Waals surface area contributed by atoms with Crippen LogP contribution >= 0.6 is 0 Å². The maximum absolute atomic E-state index is 11.9. The maximum atomic E-state index is 11.9. The number of carbonyl (C=O) groups is 2. The van der Waals surface area contributed by atoms with Crippen molar-refractivity contribution in [2.45, 2.75) is 12.8 Å². The Kier molecular flexibility index (Phi) is 2.94. The summed E-state index contributed by atoms with van der Waals surface area (Å²) in [5.74, 6) is -1.42. The number of furan rings is 1. The maximum Gasteiger partial charge on any atom is 0.308 e. The number of likely N-dealkylation sites (tertiary alicyclic amines) is 1. The predicted octanol–water partition coefficient (Wildman–Crippen LogP) is 1.22. The summed E-state index contributed by atoms with van der Waals surface area (Å²) < 4.78 is 4.84. The van der Waals surface area contributed by atoms with Gasteiger partial charge in [-0.2, -0.15) is 0 Å². The van der Waals surface area contributed by atoms with Crippen LogP contribution in [0, 0.1) is 5.92 Å². The first-order valence-corrected chi connectivity index (χ1v) is 5.23. The molecule has 1 amide bonds. The van der Waals surface area contributed by atoms with Gasteiger partial charge in [-0.25, -0.2) is 0 Å². The standard InChI is InChI=1S/C11H13NO4/c13-10(9-3-5-16-7-9)12-4-1-2-8(6-12)11(14)15/h3,5,7-8H,1-2,4,6H2,(H,14,15). The zero-order valence-corrected chi connectivity index (χ0v) is 8.76. The van der Waals surface area contributed by atoms with Gasteiger partial charge in [0.2, 0.25) is 0 Å². The summed E-state index contributed by atoms with van der Waals surface area (Å²) in [6.07, 6.45) is 4.20. The van der Waals surface area contributed by atoms with Crippen LogP contribution in [0.3, 0.4) is 0 Å². The van der Waals surface area contributed by atoms with E-state index in [9.17, 15) is 9.59 Å². The van der Waals surface area contributed by atoms with Crippen molar-refractivity contribution in [3.8, 4) is 0 Å². The minimum absolute atomic E-state index is 0.153. The fourth-order valence-electron chi connectivity index (χ4n) is 1.93. The van der Waals surface area contributed by atoms with Crippen molar-refractivity contribution in [1.82, 2.24) is 4.90 Å². The largest absolute Gasteiger partial charge is 0.481 e. The number of hydrogen-bond acceptors (Lipinski definition) is 3. The molecule has 1 saturated heterocycles. The van der Waals surface area contributed by atoms with Gasteiger partial charge in [-0.15, -0.1) is 0 Å². The lowest BCUT2D eigenvalue weighted by molar-refractivity contribution is -0.143. The SMILES string of the molecule is O=C(O)C1CCCN(C(=O)c2ccoc2)C1. The Hall–Kier alpha value is -1.78. The summed E-state index contributed by atoms with van der Waals surface area (Å²) in [6.45, 7) is 0.910. The molecule has 0 spiro atoms. The second-order valence-electron chi connectivity index (χ2n) is 3.94. The van der Waals surface area contributed by atoms with E-state index in [2.05, 4.69) is 0 Å². The third-order valence-corrected chi connectivity index (χ3v) is 2.83. The van der Waals surface area contributed by atoms with Crippen LogP contribution in [-0.4, -0.2) is 35.0 Å². The molecule has 5 nitrogen and oxygen atoms in total. The highest BCUT2D eigenvalue weighted by Gasteiger charge is 2.28. The molecule has 2 heterocycles. The molecule has 0 bridgehead atoms. The van der Waals surface area contributed by atoms with E-state index in [1.165, 1.54) is 12.5 Å². The molecule has 1 N–H and O–H groups in total. The van der Waals surface area contributed by atoms with Crippen LogP contribution in [0.2, 0.25) is 0 Å². The summed E-state index contributed by atoms with van der Waals surface area (Å²) in [6, 6.07) is 1.59. The van der Waals surface area contributed by atoms with E-state index in [0.717, 1.165) is 6.42 Å². The Balaban J connectivity index is 2.05. The third-order valence-electron chi connectivity index (χ3n) is 2.83. The Morgan fingerprint density at radius 2 is 2.31 bits per heavy atom. The second kappa shape index (κ2) is 4.38. The van der Waals surface area contributed by atoms with Crippen LogP contribution in [0.15, 0.2) is 23.0 Å². The molecule has 1 aliphatic heterocycles. The summed E-state index contributed by atoms with van der Waals surface area (Å²) in [5, 5.41) is 8.91. The summed E-state index contributed by atoms with van der Waals surface area (Å²) in [7, 11) is 0. The Labute approximate surface area is 92.7 Å². The predicted molar refractivity (Wildman–Crippen MR) is 55.0 cm³/mol. The van der Waals surface area contributed by atoms with E-state index in [1.54, 1.807) is 11.0 Å². The number of amides is 1. The molecule has 16 heavy (non-hydrogen) atoms. The number of piperidine rings is 1. The van der Waals surface area contributed by atoms with Crippen molar-refractivity contribution in [2.75, 3.05) is 13.1 Å². The summed E-state index contributed by atoms with van der Waals surface area (Å²) in [4.78, 5) is 24.3. The quantitative estimate of drug-likeness (QED) is 0.818. The minimum Gasteiger partial charge on any atom is -0.481 e. The van der Waals surface area contributed by atoms with Crippen LogP contribution in [0.25, 0.3) is 0 Å².